The maximum atomic E-state index is 12.4. The standard InChI is InChI=1S/C18H23N3O2.ClH/c1-17(2)11-18(23,8-9-20-17)12-21-13-19-15(10-16(21)22)14-6-4-3-5-7-14;/h3-7,10,13,20,23H,8-9,11-12H2,1-2H3;1H. The minimum Gasteiger partial charge on any atom is -0.388 e. The van der Waals surface area contributed by atoms with Gasteiger partial charge in [0.15, 0.2) is 0 Å². The van der Waals surface area contributed by atoms with Crippen LogP contribution in [-0.4, -0.2) is 32.3 Å². The van der Waals surface area contributed by atoms with Crippen molar-refractivity contribution in [1.82, 2.24) is 14.9 Å². The fourth-order valence-corrected chi connectivity index (χ4v) is 3.37. The molecule has 0 aliphatic carbocycles. The molecule has 1 unspecified atom stereocenters. The van der Waals surface area contributed by atoms with Gasteiger partial charge in [0.1, 0.15) is 0 Å². The highest BCUT2D eigenvalue weighted by Crippen LogP contribution is 2.29. The lowest BCUT2D eigenvalue weighted by molar-refractivity contribution is -0.0351. The number of benzene rings is 1. The molecule has 24 heavy (non-hydrogen) atoms. The molecule has 1 aliphatic rings. The summed E-state index contributed by atoms with van der Waals surface area (Å²) in [5, 5.41) is 14.2. The molecule has 1 aromatic heterocycles. The lowest BCUT2D eigenvalue weighted by Crippen LogP contribution is -2.56. The average molecular weight is 350 g/mol. The van der Waals surface area contributed by atoms with Crippen molar-refractivity contribution in [1.29, 1.82) is 0 Å². The van der Waals surface area contributed by atoms with Crippen molar-refractivity contribution in [2.45, 2.75) is 44.4 Å². The first-order chi connectivity index (χ1) is 10.9. The summed E-state index contributed by atoms with van der Waals surface area (Å²) in [5.74, 6) is 0. The summed E-state index contributed by atoms with van der Waals surface area (Å²) in [6.07, 6.45) is 2.77. The summed E-state index contributed by atoms with van der Waals surface area (Å²) >= 11 is 0. The SMILES string of the molecule is CC1(C)CC(O)(Cn2cnc(-c3ccccc3)cc2=O)CCN1.Cl. The zero-order valence-corrected chi connectivity index (χ0v) is 14.8. The number of piperidine rings is 1. The van der Waals surface area contributed by atoms with E-state index in [0.29, 0.717) is 18.5 Å². The Morgan fingerprint density at radius 3 is 2.62 bits per heavy atom. The fraction of sp³-hybridized carbons (Fsp3) is 0.444. The normalized spacial score (nSPS) is 22.6. The van der Waals surface area contributed by atoms with E-state index in [-0.39, 0.29) is 30.0 Å². The number of hydrogen-bond donors (Lipinski definition) is 2. The lowest BCUT2D eigenvalue weighted by Gasteiger charge is -2.42. The molecule has 130 valence electrons. The number of aromatic nitrogens is 2. The summed E-state index contributed by atoms with van der Waals surface area (Å²) < 4.78 is 1.51. The second-order valence-corrected chi connectivity index (χ2v) is 7.07. The number of rotatable bonds is 3. The first-order valence-corrected chi connectivity index (χ1v) is 7.96. The molecule has 2 aromatic rings. The van der Waals surface area contributed by atoms with Gasteiger partial charge in [-0.3, -0.25) is 9.36 Å². The number of aliphatic hydroxyl groups is 1. The molecule has 0 saturated carbocycles. The van der Waals surface area contributed by atoms with E-state index in [0.717, 1.165) is 12.1 Å². The van der Waals surface area contributed by atoms with Crippen molar-refractivity contribution < 1.29 is 5.11 Å². The Morgan fingerprint density at radius 2 is 2.00 bits per heavy atom. The van der Waals surface area contributed by atoms with E-state index in [1.54, 1.807) is 0 Å². The zero-order valence-electron chi connectivity index (χ0n) is 14.0. The predicted molar refractivity (Wildman–Crippen MR) is 97.4 cm³/mol. The van der Waals surface area contributed by atoms with Crippen molar-refractivity contribution >= 4 is 12.4 Å². The molecule has 0 radical (unpaired) electrons. The molecular weight excluding hydrogens is 326 g/mol. The molecule has 0 spiro atoms. The van der Waals surface area contributed by atoms with E-state index in [1.165, 1.54) is 17.0 Å². The van der Waals surface area contributed by atoms with Crippen LogP contribution in [0.5, 0.6) is 0 Å². The first kappa shape index (κ1) is 18.6. The van der Waals surface area contributed by atoms with Crippen LogP contribution in [0, 0.1) is 0 Å². The van der Waals surface area contributed by atoms with Gasteiger partial charge in [0.25, 0.3) is 5.56 Å². The van der Waals surface area contributed by atoms with Crippen molar-refractivity contribution in [3.63, 3.8) is 0 Å². The minimum absolute atomic E-state index is 0. The third-order valence-electron chi connectivity index (χ3n) is 4.38. The molecule has 2 heterocycles. The van der Waals surface area contributed by atoms with Gasteiger partial charge >= 0.3 is 0 Å². The van der Waals surface area contributed by atoms with Crippen molar-refractivity contribution in [3.8, 4) is 11.3 Å². The molecular formula is C18H24ClN3O2. The van der Waals surface area contributed by atoms with E-state index < -0.39 is 5.60 Å². The van der Waals surface area contributed by atoms with Crippen LogP contribution in [-0.2, 0) is 6.54 Å². The third-order valence-corrected chi connectivity index (χ3v) is 4.38. The van der Waals surface area contributed by atoms with Crippen LogP contribution in [0.25, 0.3) is 11.3 Å². The number of halogens is 1. The first-order valence-electron chi connectivity index (χ1n) is 7.96. The molecule has 1 atom stereocenters. The molecule has 2 N–H and O–H groups in total. The molecule has 5 nitrogen and oxygen atoms in total. The molecule has 1 saturated heterocycles. The van der Waals surface area contributed by atoms with E-state index >= 15 is 0 Å². The summed E-state index contributed by atoms with van der Waals surface area (Å²) in [4.78, 5) is 16.8. The second kappa shape index (κ2) is 7.05. The number of hydrogen-bond acceptors (Lipinski definition) is 4. The molecule has 1 fully saturated rings. The Hall–Kier alpha value is -1.69. The monoisotopic (exact) mass is 349 g/mol. The Bertz CT molecular complexity index is 745. The van der Waals surface area contributed by atoms with Gasteiger partial charge < -0.3 is 10.4 Å². The third kappa shape index (κ3) is 4.23. The van der Waals surface area contributed by atoms with Crippen LogP contribution in [0.4, 0.5) is 0 Å². The van der Waals surface area contributed by atoms with Crippen LogP contribution < -0.4 is 10.9 Å². The maximum absolute atomic E-state index is 12.4. The fourth-order valence-electron chi connectivity index (χ4n) is 3.37. The van der Waals surface area contributed by atoms with E-state index in [9.17, 15) is 9.90 Å². The zero-order chi connectivity index (χ0) is 16.5. The minimum atomic E-state index is -0.880. The average Bonchev–Trinajstić information content (AvgIpc) is 2.49. The van der Waals surface area contributed by atoms with Crippen LogP contribution in [0.2, 0.25) is 0 Å². The lowest BCUT2D eigenvalue weighted by atomic mass is 9.81. The van der Waals surface area contributed by atoms with Gasteiger partial charge in [-0.25, -0.2) is 4.98 Å². The van der Waals surface area contributed by atoms with Crippen LogP contribution >= 0.6 is 12.4 Å². The van der Waals surface area contributed by atoms with Crippen LogP contribution in [0.15, 0.2) is 47.5 Å². The van der Waals surface area contributed by atoms with Gasteiger partial charge in [-0.2, -0.15) is 0 Å². The quantitative estimate of drug-likeness (QED) is 0.891. The highest BCUT2D eigenvalue weighted by Gasteiger charge is 2.38. The van der Waals surface area contributed by atoms with Gasteiger partial charge in [0.2, 0.25) is 0 Å². The van der Waals surface area contributed by atoms with E-state index in [2.05, 4.69) is 24.1 Å². The van der Waals surface area contributed by atoms with Gasteiger partial charge in [-0.1, -0.05) is 30.3 Å². The Labute approximate surface area is 148 Å². The smallest absolute Gasteiger partial charge is 0.253 e. The summed E-state index contributed by atoms with van der Waals surface area (Å²) in [6, 6.07) is 11.2. The van der Waals surface area contributed by atoms with E-state index in [4.69, 9.17) is 0 Å². The molecule has 0 bridgehead atoms. The van der Waals surface area contributed by atoms with Crippen molar-refractivity contribution in [2.24, 2.45) is 0 Å². The molecule has 1 aromatic carbocycles. The van der Waals surface area contributed by atoms with Gasteiger partial charge in [0, 0.05) is 17.2 Å². The van der Waals surface area contributed by atoms with Crippen molar-refractivity contribution in [3.05, 3.63) is 53.1 Å². The molecule has 0 amide bonds. The molecule has 1 aliphatic heterocycles. The largest absolute Gasteiger partial charge is 0.388 e. The van der Waals surface area contributed by atoms with Gasteiger partial charge in [-0.05, 0) is 33.2 Å². The summed E-state index contributed by atoms with van der Waals surface area (Å²) in [6.45, 7) is 5.15. The predicted octanol–water partition coefficient (Wildman–Crippen LogP) is 2.23. The van der Waals surface area contributed by atoms with Crippen LogP contribution in [0.3, 0.4) is 0 Å². The number of nitrogens with one attached hydrogen (secondary N) is 1. The molecule has 3 rings (SSSR count). The highest BCUT2D eigenvalue weighted by atomic mass is 35.5. The van der Waals surface area contributed by atoms with Gasteiger partial charge in [-0.15, -0.1) is 12.4 Å². The van der Waals surface area contributed by atoms with Gasteiger partial charge in [0.05, 0.1) is 24.2 Å². The van der Waals surface area contributed by atoms with E-state index in [1.807, 2.05) is 30.3 Å². The summed E-state index contributed by atoms with van der Waals surface area (Å²) in [7, 11) is 0. The second-order valence-electron chi connectivity index (χ2n) is 7.07. The topological polar surface area (TPSA) is 67.1 Å². The molecule has 6 heteroatoms. The highest BCUT2D eigenvalue weighted by molar-refractivity contribution is 5.85. The Morgan fingerprint density at radius 1 is 1.29 bits per heavy atom. The Kier molecular flexibility index (Phi) is 5.48. The number of nitrogens with zero attached hydrogens (tertiary/aromatic N) is 2. The maximum Gasteiger partial charge on any atom is 0.253 e. The Balaban J connectivity index is 0.00000208. The summed E-state index contributed by atoms with van der Waals surface area (Å²) in [5.41, 5.74) is 0.425. The van der Waals surface area contributed by atoms with Crippen molar-refractivity contribution in [2.75, 3.05) is 6.54 Å². The van der Waals surface area contributed by atoms with Crippen LogP contribution in [0.1, 0.15) is 26.7 Å².